The summed E-state index contributed by atoms with van der Waals surface area (Å²) in [5.41, 5.74) is 0.0238. The van der Waals surface area contributed by atoms with Crippen molar-refractivity contribution in [2.45, 2.75) is 45.1 Å². The molecule has 6 heteroatoms. The van der Waals surface area contributed by atoms with Gasteiger partial charge in [0.15, 0.2) is 0 Å². The third-order valence-corrected chi connectivity index (χ3v) is 4.22. The molecule has 1 aromatic heterocycles. The number of piperidine rings is 1. The number of hydrogen-bond donors (Lipinski definition) is 0. The predicted octanol–water partition coefficient (Wildman–Crippen LogP) is 1.83. The van der Waals surface area contributed by atoms with Crippen LogP contribution in [0.2, 0.25) is 0 Å². The normalized spacial score (nSPS) is 26.4. The van der Waals surface area contributed by atoms with Crippen LogP contribution in [0.5, 0.6) is 0 Å². The first-order valence-electron chi connectivity index (χ1n) is 7.56. The lowest BCUT2D eigenvalue weighted by Crippen LogP contribution is -2.57. The van der Waals surface area contributed by atoms with Crippen LogP contribution in [0.3, 0.4) is 0 Å². The van der Waals surface area contributed by atoms with Crippen molar-refractivity contribution < 1.29 is 4.79 Å². The van der Waals surface area contributed by atoms with Crippen LogP contribution >= 0.6 is 0 Å². The second-order valence-electron chi connectivity index (χ2n) is 5.44. The highest BCUT2D eigenvalue weighted by molar-refractivity contribution is 5.76. The van der Waals surface area contributed by atoms with Crippen LogP contribution in [0.15, 0.2) is 12.7 Å². The van der Waals surface area contributed by atoms with Crippen molar-refractivity contribution in [2.75, 3.05) is 26.7 Å². The molecule has 2 fully saturated rings. The van der Waals surface area contributed by atoms with Gasteiger partial charge in [-0.25, -0.2) is 9.78 Å². The molecule has 0 aromatic carbocycles. The molecule has 2 aliphatic heterocycles. The fourth-order valence-electron chi connectivity index (χ4n) is 3.31. The minimum atomic E-state index is -0.0255. The predicted molar refractivity (Wildman–Crippen MR) is 77.6 cm³/mol. The van der Waals surface area contributed by atoms with Crippen molar-refractivity contribution in [1.82, 2.24) is 24.6 Å². The Morgan fingerprint density at radius 2 is 2.00 bits per heavy atom. The first kappa shape index (κ1) is 15.0. The van der Waals surface area contributed by atoms with Gasteiger partial charge in [-0.2, -0.15) is 9.78 Å². The van der Waals surface area contributed by atoms with Crippen LogP contribution in [0.25, 0.3) is 0 Å². The minimum absolute atomic E-state index is 0.0238. The Balaban J connectivity index is 0.000000704. The van der Waals surface area contributed by atoms with Crippen molar-refractivity contribution in [1.29, 1.82) is 0 Å². The third kappa shape index (κ3) is 2.70. The van der Waals surface area contributed by atoms with Gasteiger partial charge in [0.25, 0.3) is 0 Å². The molecule has 0 radical (unpaired) electrons. The average molecular weight is 279 g/mol. The van der Waals surface area contributed by atoms with E-state index in [-0.39, 0.29) is 11.6 Å². The summed E-state index contributed by atoms with van der Waals surface area (Å²) in [6.07, 6.45) is 7.39. The molecule has 3 rings (SSSR count). The van der Waals surface area contributed by atoms with E-state index in [4.69, 9.17) is 0 Å². The molecule has 2 aliphatic rings. The van der Waals surface area contributed by atoms with E-state index in [2.05, 4.69) is 22.0 Å². The molecule has 0 N–H and O–H groups in total. The monoisotopic (exact) mass is 279 g/mol. The molecule has 20 heavy (non-hydrogen) atoms. The van der Waals surface area contributed by atoms with E-state index in [9.17, 15) is 4.79 Å². The SMILES string of the molecule is CC.CN1CCC2(CCCCN2C(=O)n2cncn2)C1. The van der Waals surface area contributed by atoms with Crippen LogP contribution in [0.1, 0.15) is 39.5 Å². The number of carbonyl (C=O) groups excluding carboxylic acids is 1. The van der Waals surface area contributed by atoms with Gasteiger partial charge < -0.3 is 9.80 Å². The summed E-state index contributed by atoms with van der Waals surface area (Å²) in [6, 6.07) is -0.0255. The smallest absolute Gasteiger partial charge is 0.316 e. The topological polar surface area (TPSA) is 54.3 Å². The molecule has 2 saturated heterocycles. The van der Waals surface area contributed by atoms with E-state index in [0.717, 1.165) is 38.9 Å². The summed E-state index contributed by atoms with van der Waals surface area (Å²) in [4.78, 5) is 20.7. The van der Waals surface area contributed by atoms with Gasteiger partial charge in [-0.05, 0) is 32.7 Å². The van der Waals surface area contributed by atoms with Crippen LogP contribution < -0.4 is 0 Å². The lowest BCUT2D eigenvalue weighted by Gasteiger charge is -2.44. The van der Waals surface area contributed by atoms with Gasteiger partial charge in [-0.3, -0.25) is 0 Å². The highest BCUT2D eigenvalue weighted by atomic mass is 16.2. The molecule has 1 aromatic rings. The van der Waals surface area contributed by atoms with E-state index in [1.54, 1.807) is 0 Å². The molecule has 1 unspecified atom stereocenters. The van der Waals surface area contributed by atoms with E-state index in [1.165, 1.54) is 23.8 Å². The number of rotatable bonds is 0. The molecule has 1 spiro atoms. The highest BCUT2D eigenvalue weighted by Gasteiger charge is 2.45. The van der Waals surface area contributed by atoms with Crippen molar-refractivity contribution >= 4 is 6.03 Å². The van der Waals surface area contributed by atoms with Gasteiger partial charge in [-0.1, -0.05) is 13.8 Å². The van der Waals surface area contributed by atoms with E-state index in [0.29, 0.717) is 0 Å². The number of nitrogens with zero attached hydrogens (tertiary/aromatic N) is 5. The summed E-state index contributed by atoms with van der Waals surface area (Å²) in [5, 5.41) is 3.97. The van der Waals surface area contributed by atoms with Crippen molar-refractivity contribution in [3.8, 4) is 0 Å². The standard InChI is InChI=1S/C12H19N5O.C2H6/c1-15-7-5-12(8-15)4-2-3-6-16(12)11(18)17-10-13-9-14-17;1-2/h9-10H,2-8H2,1H3;1-2H3. The zero-order valence-corrected chi connectivity index (χ0v) is 12.7. The summed E-state index contributed by atoms with van der Waals surface area (Å²) >= 11 is 0. The zero-order valence-electron chi connectivity index (χ0n) is 12.7. The molecule has 1 atom stereocenters. The summed E-state index contributed by atoms with van der Waals surface area (Å²) in [5.74, 6) is 0. The Morgan fingerprint density at radius 3 is 2.60 bits per heavy atom. The van der Waals surface area contributed by atoms with Crippen molar-refractivity contribution in [3.63, 3.8) is 0 Å². The number of hydrogen-bond acceptors (Lipinski definition) is 4. The maximum absolute atomic E-state index is 12.5. The average Bonchev–Trinajstić information content (AvgIpc) is 3.12. The second kappa shape index (κ2) is 6.35. The maximum Gasteiger partial charge on any atom is 0.346 e. The Hall–Kier alpha value is -1.43. The fraction of sp³-hybridized carbons (Fsp3) is 0.786. The molecule has 112 valence electrons. The quantitative estimate of drug-likeness (QED) is 0.727. The van der Waals surface area contributed by atoms with Crippen molar-refractivity contribution in [3.05, 3.63) is 12.7 Å². The van der Waals surface area contributed by atoms with Gasteiger partial charge in [0.2, 0.25) is 0 Å². The highest BCUT2D eigenvalue weighted by Crippen LogP contribution is 2.36. The minimum Gasteiger partial charge on any atom is -0.316 e. The Morgan fingerprint density at radius 1 is 1.20 bits per heavy atom. The molecule has 6 nitrogen and oxygen atoms in total. The van der Waals surface area contributed by atoms with Gasteiger partial charge >= 0.3 is 6.03 Å². The Bertz CT molecular complexity index is 429. The number of amides is 1. The number of likely N-dealkylation sites (N-methyl/N-ethyl adjacent to an activating group) is 1. The molecular weight excluding hydrogens is 254 g/mol. The van der Waals surface area contributed by atoms with Crippen LogP contribution in [0.4, 0.5) is 4.79 Å². The van der Waals surface area contributed by atoms with Gasteiger partial charge in [0.05, 0.1) is 5.54 Å². The van der Waals surface area contributed by atoms with Crippen LogP contribution in [0, 0.1) is 0 Å². The van der Waals surface area contributed by atoms with E-state index < -0.39 is 0 Å². The maximum atomic E-state index is 12.5. The van der Waals surface area contributed by atoms with Gasteiger partial charge in [0, 0.05) is 19.6 Å². The molecular formula is C14H25N5O. The lowest BCUT2D eigenvalue weighted by atomic mass is 9.86. The van der Waals surface area contributed by atoms with Crippen LogP contribution in [-0.2, 0) is 0 Å². The summed E-state index contributed by atoms with van der Waals surface area (Å²) in [6.45, 7) is 6.89. The first-order valence-corrected chi connectivity index (χ1v) is 7.56. The molecule has 3 heterocycles. The number of likely N-dealkylation sites (tertiary alicyclic amines) is 2. The zero-order chi connectivity index (χ0) is 14.6. The Labute approximate surface area is 120 Å². The van der Waals surface area contributed by atoms with Crippen LogP contribution in [-0.4, -0.2) is 62.8 Å². The second-order valence-corrected chi connectivity index (χ2v) is 5.44. The number of carbonyl (C=O) groups is 1. The van der Waals surface area contributed by atoms with E-state index in [1.807, 2.05) is 18.7 Å². The summed E-state index contributed by atoms with van der Waals surface area (Å²) in [7, 11) is 2.13. The molecule has 0 saturated carbocycles. The number of aromatic nitrogens is 3. The molecule has 0 aliphatic carbocycles. The molecule has 0 bridgehead atoms. The lowest BCUT2D eigenvalue weighted by molar-refractivity contribution is 0.0820. The fourth-order valence-corrected chi connectivity index (χ4v) is 3.31. The first-order chi connectivity index (χ1) is 9.71. The van der Waals surface area contributed by atoms with Crippen molar-refractivity contribution in [2.24, 2.45) is 0 Å². The summed E-state index contributed by atoms with van der Waals surface area (Å²) < 4.78 is 1.35. The molecule has 1 amide bonds. The Kier molecular flexibility index (Phi) is 4.75. The third-order valence-electron chi connectivity index (χ3n) is 4.22. The van der Waals surface area contributed by atoms with E-state index >= 15 is 0 Å². The van der Waals surface area contributed by atoms with Gasteiger partial charge in [-0.15, -0.1) is 0 Å². The largest absolute Gasteiger partial charge is 0.346 e. The van der Waals surface area contributed by atoms with Gasteiger partial charge in [0.1, 0.15) is 12.7 Å².